The van der Waals surface area contributed by atoms with E-state index < -0.39 is 5.97 Å². The molecule has 82 valence electrons. The van der Waals surface area contributed by atoms with Crippen molar-refractivity contribution in [2.75, 3.05) is 13.2 Å². The topological polar surface area (TPSA) is 75.2 Å². The number of aromatic carboxylic acids is 1. The normalized spacial score (nSPS) is 17.9. The molecule has 0 amide bonds. The summed E-state index contributed by atoms with van der Waals surface area (Å²) in [4.78, 5) is 10.6. The van der Waals surface area contributed by atoms with Crippen molar-refractivity contribution in [3.63, 3.8) is 0 Å². The van der Waals surface area contributed by atoms with Crippen LogP contribution >= 0.6 is 0 Å². The molecule has 0 saturated carbocycles. The van der Waals surface area contributed by atoms with E-state index in [2.05, 4.69) is 10.2 Å². The number of aromatic amines is 1. The van der Waals surface area contributed by atoms with E-state index in [0.29, 0.717) is 5.92 Å². The number of H-pyrrole nitrogens is 1. The molecule has 1 aliphatic heterocycles. The van der Waals surface area contributed by atoms with Gasteiger partial charge in [-0.1, -0.05) is 0 Å². The molecule has 0 aliphatic carbocycles. The second-order valence-corrected chi connectivity index (χ2v) is 3.84. The Morgan fingerprint density at radius 2 is 2.33 bits per heavy atom. The standard InChI is InChI=1S/C10H14N2O3/c13-10(14)9-6-8(11-12-9)5-7-1-3-15-4-2-7/h6-7H,1-5H2,(H,11,12)(H,13,14). The number of aromatic nitrogens is 2. The molecule has 1 fully saturated rings. The Hall–Kier alpha value is -1.36. The van der Waals surface area contributed by atoms with Gasteiger partial charge in [-0.25, -0.2) is 4.79 Å². The molecule has 2 heterocycles. The van der Waals surface area contributed by atoms with Gasteiger partial charge < -0.3 is 9.84 Å². The van der Waals surface area contributed by atoms with Gasteiger partial charge in [-0.15, -0.1) is 0 Å². The highest BCUT2D eigenvalue weighted by Crippen LogP contribution is 2.19. The summed E-state index contributed by atoms with van der Waals surface area (Å²) in [5.41, 5.74) is 0.997. The average molecular weight is 210 g/mol. The van der Waals surface area contributed by atoms with Gasteiger partial charge in [0.15, 0.2) is 5.69 Å². The summed E-state index contributed by atoms with van der Waals surface area (Å²) in [6, 6.07) is 1.61. The monoisotopic (exact) mass is 210 g/mol. The molecular weight excluding hydrogens is 196 g/mol. The number of ether oxygens (including phenoxy) is 1. The van der Waals surface area contributed by atoms with E-state index in [1.165, 1.54) is 0 Å². The first-order valence-electron chi connectivity index (χ1n) is 5.11. The first-order valence-corrected chi connectivity index (χ1v) is 5.11. The second kappa shape index (κ2) is 4.44. The number of carboxylic acid groups (broad SMARTS) is 1. The molecule has 0 atom stereocenters. The fourth-order valence-corrected chi connectivity index (χ4v) is 1.84. The summed E-state index contributed by atoms with van der Waals surface area (Å²) in [6.45, 7) is 1.62. The van der Waals surface area contributed by atoms with Gasteiger partial charge in [-0.2, -0.15) is 5.10 Å². The summed E-state index contributed by atoms with van der Waals surface area (Å²) in [7, 11) is 0. The van der Waals surface area contributed by atoms with Crippen LogP contribution in [0.25, 0.3) is 0 Å². The number of nitrogens with zero attached hydrogens (tertiary/aromatic N) is 1. The Kier molecular flexibility index (Phi) is 3.01. The molecule has 2 N–H and O–H groups in total. The molecule has 15 heavy (non-hydrogen) atoms. The zero-order chi connectivity index (χ0) is 10.7. The Bertz CT molecular complexity index is 342. The van der Waals surface area contributed by atoms with Crippen LogP contribution in [-0.2, 0) is 11.2 Å². The molecule has 1 aromatic heterocycles. The highest BCUT2D eigenvalue weighted by molar-refractivity contribution is 5.85. The van der Waals surface area contributed by atoms with E-state index in [0.717, 1.165) is 38.2 Å². The quantitative estimate of drug-likeness (QED) is 0.782. The minimum atomic E-state index is -0.982. The molecule has 0 radical (unpaired) electrons. The van der Waals surface area contributed by atoms with Crippen LogP contribution in [0.4, 0.5) is 0 Å². The Morgan fingerprint density at radius 3 is 2.93 bits per heavy atom. The highest BCUT2D eigenvalue weighted by Gasteiger charge is 2.16. The molecule has 5 nitrogen and oxygen atoms in total. The number of rotatable bonds is 3. The second-order valence-electron chi connectivity index (χ2n) is 3.84. The van der Waals surface area contributed by atoms with E-state index in [1.807, 2.05) is 0 Å². The van der Waals surface area contributed by atoms with E-state index in [4.69, 9.17) is 9.84 Å². The van der Waals surface area contributed by atoms with Crippen LogP contribution in [-0.4, -0.2) is 34.5 Å². The fraction of sp³-hybridized carbons (Fsp3) is 0.600. The van der Waals surface area contributed by atoms with Crippen molar-refractivity contribution >= 4 is 5.97 Å². The van der Waals surface area contributed by atoms with Crippen LogP contribution in [0.1, 0.15) is 29.0 Å². The van der Waals surface area contributed by atoms with Gasteiger partial charge in [0, 0.05) is 18.9 Å². The van der Waals surface area contributed by atoms with Gasteiger partial charge in [0.2, 0.25) is 0 Å². The number of nitrogens with one attached hydrogen (secondary N) is 1. The van der Waals surface area contributed by atoms with E-state index in [9.17, 15) is 4.79 Å². The third-order valence-corrected chi connectivity index (χ3v) is 2.70. The molecule has 1 aromatic rings. The maximum atomic E-state index is 10.6. The zero-order valence-corrected chi connectivity index (χ0v) is 8.40. The fourth-order valence-electron chi connectivity index (χ4n) is 1.84. The Labute approximate surface area is 87.4 Å². The van der Waals surface area contributed by atoms with Crippen LogP contribution in [0.15, 0.2) is 6.07 Å². The van der Waals surface area contributed by atoms with E-state index >= 15 is 0 Å². The van der Waals surface area contributed by atoms with Crippen LogP contribution in [0.5, 0.6) is 0 Å². The summed E-state index contributed by atoms with van der Waals surface area (Å²) >= 11 is 0. The summed E-state index contributed by atoms with van der Waals surface area (Å²) < 4.78 is 5.26. The molecule has 0 aromatic carbocycles. The summed E-state index contributed by atoms with van der Waals surface area (Å²) in [5, 5.41) is 15.2. The number of carbonyl (C=O) groups is 1. The summed E-state index contributed by atoms with van der Waals surface area (Å²) in [6.07, 6.45) is 2.95. The molecule has 2 rings (SSSR count). The Balaban J connectivity index is 1.94. The van der Waals surface area contributed by atoms with Crippen molar-refractivity contribution in [2.45, 2.75) is 19.3 Å². The first-order chi connectivity index (χ1) is 7.25. The SMILES string of the molecule is O=C(O)c1cc(CC2CCOCC2)[nH]n1. The first kappa shape index (κ1) is 10.2. The van der Waals surface area contributed by atoms with Crippen LogP contribution in [0.2, 0.25) is 0 Å². The number of carboxylic acids is 1. The molecule has 0 bridgehead atoms. The average Bonchev–Trinajstić information content (AvgIpc) is 2.68. The maximum Gasteiger partial charge on any atom is 0.356 e. The van der Waals surface area contributed by atoms with Gasteiger partial charge in [0.1, 0.15) is 0 Å². The van der Waals surface area contributed by atoms with Crippen molar-refractivity contribution in [2.24, 2.45) is 5.92 Å². The lowest BCUT2D eigenvalue weighted by Gasteiger charge is -2.20. The predicted octanol–water partition coefficient (Wildman–Crippen LogP) is 1.08. The largest absolute Gasteiger partial charge is 0.476 e. The zero-order valence-electron chi connectivity index (χ0n) is 8.40. The Morgan fingerprint density at radius 1 is 1.60 bits per heavy atom. The third-order valence-electron chi connectivity index (χ3n) is 2.70. The van der Waals surface area contributed by atoms with Crippen LogP contribution in [0.3, 0.4) is 0 Å². The smallest absolute Gasteiger partial charge is 0.356 e. The van der Waals surface area contributed by atoms with Crippen LogP contribution < -0.4 is 0 Å². The van der Waals surface area contributed by atoms with Gasteiger partial charge in [-0.05, 0) is 31.2 Å². The molecule has 0 spiro atoms. The lowest BCUT2D eigenvalue weighted by Crippen LogP contribution is -2.17. The highest BCUT2D eigenvalue weighted by atomic mass is 16.5. The maximum absolute atomic E-state index is 10.6. The lowest BCUT2D eigenvalue weighted by molar-refractivity contribution is 0.0661. The van der Waals surface area contributed by atoms with Crippen molar-refractivity contribution < 1.29 is 14.6 Å². The molecule has 1 saturated heterocycles. The lowest BCUT2D eigenvalue weighted by atomic mass is 9.95. The van der Waals surface area contributed by atoms with Crippen molar-refractivity contribution in [3.05, 3.63) is 17.5 Å². The molecular formula is C10H14N2O3. The summed E-state index contributed by atoms with van der Waals surface area (Å²) in [5.74, 6) is -0.398. The van der Waals surface area contributed by atoms with Crippen molar-refractivity contribution in [1.82, 2.24) is 10.2 Å². The van der Waals surface area contributed by atoms with Gasteiger partial charge in [0.25, 0.3) is 0 Å². The van der Waals surface area contributed by atoms with Crippen molar-refractivity contribution in [1.29, 1.82) is 0 Å². The minimum Gasteiger partial charge on any atom is -0.476 e. The van der Waals surface area contributed by atoms with Crippen molar-refractivity contribution in [3.8, 4) is 0 Å². The van der Waals surface area contributed by atoms with E-state index in [-0.39, 0.29) is 5.69 Å². The minimum absolute atomic E-state index is 0.0945. The van der Waals surface area contributed by atoms with Gasteiger partial charge in [-0.3, -0.25) is 5.10 Å². The van der Waals surface area contributed by atoms with E-state index in [1.54, 1.807) is 6.07 Å². The number of hydrogen-bond acceptors (Lipinski definition) is 3. The molecule has 1 aliphatic rings. The molecule has 5 heteroatoms. The molecule has 0 unspecified atom stereocenters. The third kappa shape index (κ3) is 2.56. The van der Waals surface area contributed by atoms with Gasteiger partial charge in [0.05, 0.1) is 0 Å². The number of hydrogen-bond donors (Lipinski definition) is 2. The van der Waals surface area contributed by atoms with Gasteiger partial charge >= 0.3 is 5.97 Å². The van der Waals surface area contributed by atoms with Crippen LogP contribution in [0, 0.1) is 5.92 Å². The predicted molar refractivity (Wildman–Crippen MR) is 52.8 cm³/mol.